The number of hydrogen-bond donors (Lipinski definition) is 1. The molecule has 0 saturated carbocycles. The summed E-state index contributed by atoms with van der Waals surface area (Å²) < 4.78 is 16.5. The van der Waals surface area contributed by atoms with Gasteiger partial charge >= 0.3 is 0 Å². The van der Waals surface area contributed by atoms with E-state index in [0.717, 1.165) is 11.1 Å². The molecule has 0 fully saturated rings. The van der Waals surface area contributed by atoms with Crippen LogP contribution in [-0.2, 0) is 6.54 Å². The third-order valence-corrected chi connectivity index (χ3v) is 4.89. The lowest BCUT2D eigenvalue weighted by molar-refractivity contribution is 0.615. The van der Waals surface area contributed by atoms with Crippen molar-refractivity contribution < 1.29 is 4.39 Å². The lowest BCUT2D eigenvalue weighted by atomic mass is 10.00. The van der Waals surface area contributed by atoms with Gasteiger partial charge in [-0.25, -0.2) is 4.39 Å². The molecule has 0 aliphatic carbocycles. The number of nitriles is 1. The summed E-state index contributed by atoms with van der Waals surface area (Å²) in [5, 5.41) is 17.7. The van der Waals surface area contributed by atoms with Crippen LogP contribution in [0.25, 0.3) is 16.9 Å². The number of nitrogens with one attached hydrogen (secondary N) is 1. The molecule has 3 heterocycles. The zero-order valence-corrected chi connectivity index (χ0v) is 16.3. The number of benzene rings is 1. The van der Waals surface area contributed by atoms with Crippen LogP contribution in [0, 0.1) is 24.1 Å². The summed E-state index contributed by atoms with van der Waals surface area (Å²) >= 11 is 0. The van der Waals surface area contributed by atoms with Gasteiger partial charge in [0.05, 0.1) is 24.6 Å². The third kappa shape index (κ3) is 3.21. The minimum atomic E-state index is -0.257. The van der Waals surface area contributed by atoms with Crippen LogP contribution < -0.4 is 5.56 Å². The van der Waals surface area contributed by atoms with Crippen molar-refractivity contribution in [3.05, 3.63) is 75.2 Å². The minimum absolute atomic E-state index is 0.0593. The summed E-state index contributed by atoms with van der Waals surface area (Å²) in [5.41, 5.74) is 3.83. The Morgan fingerprint density at radius 2 is 2.07 bits per heavy atom. The molecular formula is C21H19FN6O. The Hall–Kier alpha value is -3.73. The smallest absolute Gasteiger partial charge is 0.278 e. The van der Waals surface area contributed by atoms with Crippen molar-refractivity contribution in [1.29, 1.82) is 5.26 Å². The largest absolute Gasteiger partial charge is 0.338 e. The molecule has 0 unspecified atom stereocenters. The zero-order valence-electron chi connectivity index (χ0n) is 16.3. The summed E-state index contributed by atoms with van der Waals surface area (Å²) in [4.78, 5) is 16.2. The van der Waals surface area contributed by atoms with Gasteiger partial charge in [0.25, 0.3) is 5.56 Å². The van der Waals surface area contributed by atoms with Gasteiger partial charge in [-0.15, -0.1) is 0 Å². The first-order valence-electron chi connectivity index (χ1n) is 9.21. The van der Waals surface area contributed by atoms with Gasteiger partial charge in [-0.3, -0.25) is 9.48 Å². The number of aromatic nitrogens is 5. The first-order chi connectivity index (χ1) is 13.9. The molecule has 4 aromatic rings. The van der Waals surface area contributed by atoms with E-state index in [1.165, 1.54) is 16.8 Å². The van der Waals surface area contributed by atoms with Gasteiger partial charge in [0, 0.05) is 17.3 Å². The van der Waals surface area contributed by atoms with E-state index in [0.29, 0.717) is 34.6 Å². The Morgan fingerprint density at radius 3 is 2.76 bits per heavy atom. The Kier molecular flexibility index (Phi) is 4.51. The highest BCUT2D eigenvalue weighted by atomic mass is 19.1. The van der Waals surface area contributed by atoms with Gasteiger partial charge in [-0.2, -0.15) is 20.0 Å². The molecule has 4 rings (SSSR count). The summed E-state index contributed by atoms with van der Waals surface area (Å²) in [6.45, 7) is 6.06. The van der Waals surface area contributed by atoms with Gasteiger partial charge in [0.15, 0.2) is 5.65 Å². The van der Waals surface area contributed by atoms with Crippen LogP contribution in [0.2, 0.25) is 0 Å². The summed E-state index contributed by atoms with van der Waals surface area (Å²) in [6, 6.07) is 7.00. The molecule has 0 saturated heterocycles. The standard InChI is InChI=1S/C21H19FN6O/c1-12(2)18-19(26-20-15(7-23)8-25-28(20)21(18)29)16-9-24-27(11-16)10-14-4-5-17(22)13(3)6-14/h4-6,8-9,11-12,26H,10H2,1-3H3. The molecule has 1 N–H and O–H groups in total. The molecule has 0 radical (unpaired) electrons. The first kappa shape index (κ1) is 18.6. The Morgan fingerprint density at radius 1 is 1.28 bits per heavy atom. The van der Waals surface area contributed by atoms with Gasteiger partial charge in [0.1, 0.15) is 17.4 Å². The van der Waals surface area contributed by atoms with Crippen LogP contribution in [0.5, 0.6) is 0 Å². The van der Waals surface area contributed by atoms with E-state index < -0.39 is 0 Å². The molecule has 3 aromatic heterocycles. The van der Waals surface area contributed by atoms with Gasteiger partial charge in [-0.05, 0) is 30.0 Å². The predicted octanol–water partition coefficient (Wildman–Crippen LogP) is 3.38. The van der Waals surface area contributed by atoms with Gasteiger partial charge in [-0.1, -0.05) is 26.0 Å². The maximum absolute atomic E-state index is 13.5. The van der Waals surface area contributed by atoms with Crippen LogP contribution in [0.15, 0.2) is 41.6 Å². The average molecular weight is 390 g/mol. The van der Waals surface area contributed by atoms with Crippen molar-refractivity contribution in [3.63, 3.8) is 0 Å². The van der Waals surface area contributed by atoms with E-state index in [4.69, 9.17) is 0 Å². The Labute approximate surface area is 166 Å². The maximum Gasteiger partial charge on any atom is 0.278 e. The van der Waals surface area contributed by atoms with Crippen molar-refractivity contribution in [1.82, 2.24) is 24.4 Å². The predicted molar refractivity (Wildman–Crippen MR) is 106 cm³/mol. The highest BCUT2D eigenvalue weighted by Crippen LogP contribution is 2.26. The average Bonchev–Trinajstić information content (AvgIpc) is 3.31. The van der Waals surface area contributed by atoms with Gasteiger partial charge in [0.2, 0.25) is 0 Å². The SMILES string of the molecule is Cc1cc(Cn2cc(-c3[nH]c4c(C#N)cnn4c(=O)c3C(C)C)cn2)ccc1F. The molecule has 0 aliphatic heterocycles. The second-order valence-corrected chi connectivity index (χ2v) is 7.31. The highest BCUT2D eigenvalue weighted by molar-refractivity contribution is 5.67. The Balaban J connectivity index is 1.80. The van der Waals surface area contributed by atoms with E-state index in [9.17, 15) is 14.4 Å². The first-order valence-corrected chi connectivity index (χ1v) is 9.21. The number of halogens is 1. The molecule has 0 atom stereocenters. The van der Waals surface area contributed by atoms with E-state index in [1.807, 2.05) is 26.1 Å². The molecule has 7 nitrogen and oxygen atoms in total. The summed E-state index contributed by atoms with van der Waals surface area (Å²) in [6.07, 6.45) is 4.88. The normalized spacial score (nSPS) is 11.3. The minimum Gasteiger partial charge on any atom is -0.338 e. The van der Waals surface area contributed by atoms with Crippen molar-refractivity contribution in [2.75, 3.05) is 0 Å². The maximum atomic E-state index is 13.5. The van der Waals surface area contributed by atoms with Crippen LogP contribution in [-0.4, -0.2) is 24.4 Å². The summed E-state index contributed by atoms with van der Waals surface area (Å²) in [5.74, 6) is -0.299. The number of aryl methyl sites for hydroxylation is 1. The highest BCUT2D eigenvalue weighted by Gasteiger charge is 2.20. The summed E-state index contributed by atoms with van der Waals surface area (Å²) in [7, 11) is 0. The fraction of sp³-hybridized carbons (Fsp3) is 0.238. The second kappa shape index (κ2) is 7.02. The van der Waals surface area contributed by atoms with Crippen molar-refractivity contribution in [2.24, 2.45) is 0 Å². The number of rotatable bonds is 4. The van der Waals surface area contributed by atoms with E-state index in [-0.39, 0.29) is 17.3 Å². The van der Waals surface area contributed by atoms with E-state index in [1.54, 1.807) is 29.9 Å². The number of nitrogens with zero attached hydrogens (tertiary/aromatic N) is 5. The molecular weight excluding hydrogens is 371 g/mol. The van der Waals surface area contributed by atoms with Crippen LogP contribution in [0.4, 0.5) is 4.39 Å². The third-order valence-electron chi connectivity index (χ3n) is 4.89. The molecule has 0 spiro atoms. The molecule has 8 heteroatoms. The number of aromatic amines is 1. The number of fused-ring (bicyclic) bond motifs is 1. The second-order valence-electron chi connectivity index (χ2n) is 7.31. The number of H-pyrrole nitrogens is 1. The van der Waals surface area contributed by atoms with E-state index >= 15 is 0 Å². The fourth-order valence-electron chi connectivity index (χ4n) is 3.45. The van der Waals surface area contributed by atoms with E-state index in [2.05, 4.69) is 15.2 Å². The lowest BCUT2D eigenvalue weighted by Gasteiger charge is -2.11. The fourth-order valence-corrected chi connectivity index (χ4v) is 3.45. The molecule has 0 bridgehead atoms. The molecule has 0 amide bonds. The quantitative estimate of drug-likeness (QED) is 0.578. The van der Waals surface area contributed by atoms with Crippen molar-refractivity contribution in [3.8, 4) is 17.3 Å². The lowest BCUT2D eigenvalue weighted by Crippen LogP contribution is -2.22. The molecule has 0 aliphatic rings. The van der Waals surface area contributed by atoms with Crippen LogP contribution in [0.3, 0.4) is 0 Å². The van der Waals surface area contributed by atoms with Crippen molar-refractivity contribution in [2.45, 2.75) is 33.2 Å². The molecule has 29 heavy (non-hydrogen) atoms. The molecule has 146 valence electrons. The van der Waals surface area contributed by atoms with Gasteiger partial charge < -0.3 is 4.98 Å². The Bertz CT molecular complexity index is 1320. The monoisotopic (exact) mass is 390 g/mol. The van der Waals surface area contributed by atoms with Crippen LogP contribution in [0.1, 0.15) is 42.0 Å². The number of hydrogen-bond acceptors (Lipinski definition) is 4. The zero-order chi connectivity index (χ0) is 20.7. The topological polar surface area (TPSA) is 91.8 Å². The van der Waals surface area contributed by atoms with Crippen LogP contribution >= 0.6 is 0 Å². The molecule has 1 aromatic carbocycles. The van der Waals surface area contributed by atoms with Crippen molar-refractivity contribution >= 4 is 5.65 Å².